The van der Waals surface area contributed by atoms with Crippen LogP contribution in [0, 0.1) is 6.92 Å². The van der Waals surface area contributed by atoms with E-state index in [9.17, 15) is 9.59 Å². The Morgan fingerprint density at radius 1 is 1.17 bits per heavy atom. The van der Waals surface area contributed by atoms with E-state index in [-0.39, 0.29) is 17.8 Å². The Kier molecular flexibility index (Phi) is 5.28. The van der Waals surface area contributed by atoms with Gasteiger partial charge in [-0.3, -0.25) is 9.47 Å². The van der Waals surface area contributed by atoms with Gasteiger partial charge in [-0.15, -0.1) is 0 Å². The minimum Gasteiger partial charge on any atom is -0.483 e. The molecule has 0 unspecified atom stereocenters. The van der Waals surface area contributed by atoms with Crippen molar-refractivity contribution < 1.29 is 14.3 Å². The van der Waals surface area contributed by atoms with Crippen LogP contribution in [0.2, 0.25) is 0 Å². The zero-order valence-corrected chi connectivity index (χ0v) is 14.3. The molecule has 6 heteroatoms. The largest absolute Gasteiger partial charge is 0.483 e. The molecule has 2 rings (SSSR count). The van der Waals surface area contributed by atoms with Gasteiger partial charge in [0.1, 0.15) is 12.2 Å². The third-order valence-electron chi connectivity index (χ3n) is 3.13. The highest BCUT2D eigenvalue weighted by molar-refractivity contribution is 5.76. The predicted molar refractivity (Wildman–Crippen MR) is 91.8 cm³/mol. The van der Waals surface area contributed by atoms with Gasteiger partial charge in [-0.1, -0.05) is 30.3 Å². The molecule has 1 heterocycles. The van der Waals surface area contributed by atoms with Crippen LogP contribution in [0.25, 0.3) is 0 Å². The third-order valence-corrected chi connectivity index (χ3v) is 3.13. The summed E-state index contributed by atoms with van der Waals surface area (Å²) < 4.78 is 12.3. The normalized spacial score (nSPS) is 11.0. The lowest BCUT2D eigenvalue weighted by molar-refractivity contribution is 0.0612. The number of nitrogens with zero attached hydrogens (tertiary/aromatic N) is 1. The van der Waals surface area contributed by atoms with Crippen molar-refractivity contribution in [3.8, 4) is 5.75 Å². The maximum Gasteiger partial charge on any atom is 0.426 e. The molecule has 0 aliphatic carbocycles. The molecule has 1 amide bonds. The molecule has 0 aliphatic heterocycles. The molecule has 0 aliphatic rings. The first-order valence-electron chi connectivity index (χ1n) is 7.65. The van der Waals surface area contributed by atoms with Gasteiger partial charge in [0, 0.05) is 12.3 Å². The fraction of sp³-hybridized carbons (Fsp3) is 0.333. The van der Waals surface area contributed by atoms with Crippen LogP contribution in [0.5, 0.6) is 5.75 Å². The van der Waals surface area contributed by atoms with Gasteiger partial charge in [-0.2, -0.15) is 0 Å². The topological polar surface area (TPSA) is 69.6 Å². The summed E-state index contributed by atoms with van der Waals surface area (Å²) in [5, 5.41) is 0. The summed E-state index contributed by atoms with van der Waals surface area (Å²) in [4.78, 5) is 23.9. The van der Waals surface area contributed by atoms with Crippen LogP contribution >= 0.6 is 0 Å². The van der Waals surface area contributed by atoms with Crippen LogP contribution < -0.4 is 15.6 Å². The highest BCUT2D eigenvalue weighted by atomic mass is 16.6. The highest BCUT2D eigenvalue weighted by Crippen LogP contribution is 2.14. The van der Waals surface area contributed by atoms with Gasteiger partial charge >= 0.3 is 6.09 Å². The number of pyridine rings is 1. The zero-order valence-electron chi connectivity index (χ0n) is 14.3. The fourth-order valence-electron chi connectivity index (χ4n) is 2.04. The van der Waals surface area contributed by atoms with Crippen molar-refractivity contribution in [2.45, 2.75) is 39.9 Å². The van der Waals surface area contributed by atoms with E-state index in [2.05, 4.69) is 5.43 Å². The van der Waals surface area contributed by atoms with Crippen LogP contribution in [-0.2, 0) is 11.3 Å². The van der Waals surface area contributed by atoms with Crippen LogP contribution in [0.4, 0.5) is 4.79 Å². The summed E-state index contributed by atoms with van der Waals surface area (Å²) in [5.41, 5.74) is 3.16. The highest BCUT2D eigenvalue weighted by Gasteiger charge is 2.17. The Morgan fingerprint density at radius 2 is 1.83 bits per heavy atom. The third kappa shape index (κ3) is 4.87. The minimum absolute atomic E-state index is 0.192. The van der Waals surface area contributed by atoms with E-state index >= 15 is 0 Å². The molecule has 6 nitrogen and oxygen atoms in total. The number of carbonyl (C=O) groups excluding carboxylic acids is 1. The van der Waals surface area contributed by atoms with E-state index in [1.165, 1.54) is 16.9 Å². The second-order valence-corrected chi connectivity index (χ2v) is 6.35. The average Bonchev–Trinajstić information content (AvgIpc) is 2.49. The number of rotatable bonds is 4. The summed E-state index contributed by atoms with van der Waals surface area (Å²) in [6.07, 6.45) is 0.861. The Balaban J connectivity index is 2.15. The molecule has 0 saturated carbocycles. The lowest BCUT2D eigenvalue weighted by Crippen LogP contribution is -2.33. The molecule has 0 saturated heterocycles. The SMILES string of the molecule is Cc1c(OCc2ccccc2)c(=O)ccn1NC(=O)OC(C)(C)C. The number of nitrogens with one attached hydrogen (secondary N) is 1. The first kappa shape index (κ1) is 17.6. The average molecular weight is 330 g/mol. The van der Waals surface area contributed by atoms with Gasteiger partial charge in [-0.05, 0) is 33.3 Å². The van der Waals surface area contributed by atoms with Crippen LogP contribution in [-0.4, -0.2) is 16.4 Å². The molecule has 1 aromatic heterocycles. The summed E-state index contributed by atoms with van der Waals surface area (Å²) in [6, 6.07) is 10.9. The number of benzene rings is 1. The summed E-state index contributed by atoms with van der Waals surface area (Å²) in [7, 11) is 0. The molecule has 0 radical (unpaired) electrons. The van der Waals surface area contributed by atoms with Crippen molar-refractivity contribution in [3.05, 3.63) is 64.1 Å². The molecule has 1 N–H and O–H groups in total. The molecule has 0 bridgehead atoms. The molecule has 0 spiro atoms. The number of amides is 1. The van der Waals surface area contributed by atoms with Crippen molar-refractivity contribution >= 4 is 6.09 Å². The first-order valence-corrected chi connectivity index (χ1v) is 7.65. The van der Waals surface area contributed by atoms with Crippen LogP contribution in [0.1, 0.15) is 32.0 Å². The lowest BCUT2D eigenvalue weighted by Gasteiger charge is -2.21. The Morgan fingerprint density at radius 3 is 2.46 bits per heavy atom. The van der Waals surface area contributed by atoms with Crippen molar-refractivity contribution in [1.29, 1.82) is 0 Å². The quantitative estimate of drug-likeness (QED) is 0.934. The van der Waals surface area contributed by atoms with Gasteiger partial charge in [0.05, 0.1) is 5.69 Å². The molecular weight excluding hydrogens is 308 g/mol. The molecule has 0 fully saturated rings. The number of hydrogen-bond donors (Lipinski definition) is 1. The Bertz CT molecular complexity index is 761. The van der Waals surface area contributed by atoms with Crippen molar-refractivity contribution in [3.63, 3.8) is 0 Å². The van der Waals surface area contributed by atoms with E-state index in [1.54, 1.807) is 27.7 Å². The Hall–Kier alpha value is -2.76. The van der Waals surface area contributed by atoms with E-state index in [1.807, 2.05) is 30.3 Å². The number of carbonyl (C=O) groups is 1. The van der Waals surface area contributed by atoms with E-state index in [0.29, 0.717) is 5.69 Å². The van der Waals surface area contributed by atoms with Crippen LogP contribution in [0.3, 0.4) is 0 Å². The second kappa shape index (κ2) is 7.21. The summed E-state index contributed by atoms with van der Waals surface area (Å²) in [6.45, 7) is 7.30. The molecule has 128 valence electrons. The maximum atomic E-state index is 12.0. The summed E-state index contributed by atoms with van der Waals surface area (Å²) in [5.74, 6) is 0.192. The van der Waals surface area contributed by atoms with Crippen molar-refractivity contribution in [1.82, 2.24) is 4.68 Å². The monoisotopic (exact) mass is 330 g/mol. The molecule has 0 atom stereocenters. The number of hydrogen-bond acceptors (Lipinski definition) is 4. The molecular formula is C18H22N2O4. The van der Waals surface area contributed by atoms with E-state index in [4.69, 9.17) is 9.47 Å². The van der Waals surface area contributed by atoms with Crippen molar-refractivity contribution in [2.24, 2.45) is 0 Å². The van der Waals surface area contributed by atoms with Crippen molar-refractivity contribution in [2.75, 3.05) is 5.43 Å². The van der Waals surface area contributed by atoms with Gasteiger partial charge in [0.15, 0.2) is 5.75 Å². The summed E-state index contributed by atoms with van der Waals surface area (Å²) >= 11 is 0. The standard InChI is InChI=1S/C18H22N2O4/c1-13-16(23-12-14-8-6-5-7-9-14)15(21)10-11-20(13)19-17(22)24-18(2,3)4/h5-11H,12H2,1-4H3,(H,19,22). The maximum absolute atomic E-state index is 12.0. The fourth-order valence-corrected chi connectivity index (χ4v) is 2.04. The van der Waals surface area contributed by atoms with Gasteiger partial charge < -0.3 is 9.47 Å². The molecule has 1 aromatic carbocycles. The minimum atomic E-state index is -0.608. The van der Waals surface area contributed by atoms with E-state index in [0.717, 1.165) is 5.56 Å². The van der Waals surface area contributed by atoms with Gasteiger partial charge in [0.25, 0.3) is 0 Å². The predicted octanol–water partition coefficient (Wildman–Crippen LogP) is 3.21. The number of aromatic nitrogens is 1. The van der Waals surface area contributed by atoms with Crippen LogP contribution in [0.15, 0.2) is 47.4 Å². The lowest BCUT2D eigenvalue weighted by atomic mass is 10.2. The first-order chi connectivity index (χ1) is 11.3. The van der Waals surface area contributed by atoms with Gasteiger partial charge in [0.2, 0.25) is 5.43 Å². The molecule has 24 heavy (non-hydrogen) atoms. The Labute approximate surface area is 141 Å². The van der Waals surface area contributed by atoms with E-state index < -0.39 is 11.7 Å². The zero-order chi connectivity index (χ0) is 17.7. The number of ether oxygens (including phenoxy) is 2. The molecule has 2 aromatic rings. The smallest absolute Gasteiger partial charge is 0.426 e. The second-order valence-electron chi connectivity index (χ2n) is 6.35. The van der Waals surface area contributed by atoms with Gasteiger partial charge in [-0.25, -0.2) is 10.2 Å².